The lowest BCUT2D eigenvalue weighted by molar-refractivity contribution is -0.125. The molecule has 1 heterocycles. The molecule has 1 aromatic carbocycles. The fourth-order valence-corrected chi connectivity index (χ4v) is 2.77. The summed E-state index contributed by atoms with van der Waals surface area (Å²) in [6.07, 6.45) is 2.64. The Morgan fingerprint density at radius 3 is 2.68 bits per heavy atom. The molecule has 1 aliphatic heterocycles. The first-order valence-electron chi connectivity index (χ1n) is 8.17. The number of nitrogens with one attached hydrogen (secondary N) is 1. The van der Waals surface area contributed by atoms with E-state index in [1.165, 1.54) is 0 Å². The summed E-state index contributed by atoms with van der Waals surface area (Å²) >= 11 is 0. The Morgan fingerprint density at radius 1 is 1.27 bits per heavy atom. The number of carbonyl (C=O) groups excluding carboxylic acids is 2. The van der Waals surface area contributed by atoms with E-state index >= 15 is 0 Å². The van der Waals surface area contributed by atoms with Gasteiger partial charge in [-0.15, -0.1) is 0 Å². The number of piperidine rings is 1. The summed E-state index contributed by atoms with van der Waals surface area (Å²) in [5.41, 5.74) is 0.782. The van der Waals surface area contributed by atoms with Crippen LogP contribution in [0.15, 0.2) is 30.3 Å². The van der Waals surface area contributed by atoms with Crippen molar-refractivity contribution in [2.24, 2.45) is 5.92 Å². The van der Waals surface area contributed by atoms with Crippen LogP contribution >= 0.6 is 0 Å². The molecule has 2 rings (SSSR count). The number of hydrogen-bond acceptors (Lipinski definition) is 3. The molecule has 0 saturated carbocycles. The van der Waals surface area contributed by atoms with Gasteiger partial charge in [0.15, 0.2) is 5.78 Å². The van der Waals surface area contributed by atoms with E-state index in [4.69, 9.17) is 0 Å². The average molecular weight is 302 g/mol. The van der Waals surface area contributed by atoms with Gasteiger partial charge in [0.05, 0.1) is 0 Å². The number of rotatable bonds is 6. The quantitative estimate of drug-likeness (QED) is 0.821. The zero-order chi connectivity index (χ0) is 15.9. The third kappa shape index (κ3) is 4.95. The second-order valence-corrected chi connectivity index (χ2v) is 6.34. The van der Waals surface area contributed by atoms with Crippen molar-refractivity contribution >= 4 is 11.7 Å². The van der Waals surface area contributed by atoms with Crippen molar-refractivity contribution < 1.29 is 9.59 Å². The minimum Gasteiger partial charge on any atom is -0.352 e. The van der Waals surface area contributed by atoms with Crippen molar-refractivity contribution in [3.8, 4) is 0 Å². The van der Waals surface area contributed by atoms with Crippen LogP contribution in [-0.2, 0) is 4.79 Å². The molecule has 1 N–H and O–H groups in total. The Bertz CT molecular complexity index is 499. The van der Waals surface area contributed by atoms with E-state index in [2.05, 4.69) is 10.2 Å². The largest absolute Gasteiger partial charge is 0.352 e. The molecule has 0 bridgehead atoms. The summed E-state index contributed by atoms with van der Waals surface area (Å²) in [4.78, 5) is 26.2. The number of carbonyl (C=O) groups is 2. The van der Waals surface area contributed by atoms with Crippen LogP contribution in [0.3, 0.4) is 0 Å². The molecule has 22 heavy (non-hydrogen) atoms. The molecule has 4 nitrogen and oxygen atoms in total. The van der Waals surface area contributed by atoms with Crippen molar-refractivity contribution in [1.29, 1.82) is 0 Å². The van der Waals surface area contributed by atoms with Crippen molar-refractivity contribution in [3.05, 3.63) is 35.9 Å². The highest BCUT2D eigenvalue weighted by molar-refractivity contribution is 5.96. The van der Waals surface area contributed by atoms with E-state index in [-0.39, 0.29) is 23.7 Å². The van der Waals surface area contributed by atoms with Crippen LogP contribution in [0.5, 0.6) is 0 Å². The molecule has 0 spiro atoms. The van der Waals surface area contributed by atoms with Gasteiger partial charge in [-0.1, -0.05) is 44.2 Å². The van der Waals surface area contributed by atoms with Crippen LogP contribution in [0.4, 0.5) is 0 Å². The van der Waals surface area contributed by atoms with E-state index in [0.717, 1.165) is 38.0 Å². The molecule has 0 radical (unpaired) electrons. The van der Waals surface area contributed by atoms with Crippen LogP contribution in [-0.4, -0.2) is 42.3 Å². The van der Waals surface area contributed by atoms with E-state index in [9.17, 15) is 9.59 Å². The summed E-state index contributed by atoms with van der Waals surface area (Å²) < 4.78 is 0. The minimum absolute atomic E-state index is 0.0232. The van der Waals surface area contributed by atoms with Gasteiger partial charge in [-0.2, -0.15) is 0 Å². The van der Waals surface area contributed by atoms with Crippen LogP contribution in [0.2, 0.25) is 0 Å². The number of ketones is 1. The summed E-state index contributed by atoms with van der Waals surface area (Å²) in [7, 11) is 0. The maximum Gasteiger partial charge on any atom is 0.222 e. The van der Waals surface area contributed by atoms with Crippen LogP contribution in [0.1, 0.15) is 43.5 Å². The molecular formula is C18H26N2O2. The minimum atomic E-state index is 0.0232. The van der Waals surface area contributed by atoms with Crippen molar-refractivity contribution in [1.82, 2.24) is 10.2 Å². The Morgan fingerprint density at radius 2 is 2.00 bits per heavy atom. The maximum absolute atomic E-state index is 12.1. The standard InChI is InChI=1S/C18H26N2O2/c1-14(2)18(22)19-16-9-6-11-20(13-16)12-10-17(21)15-7-4-3-5-8-15/h3-5,7-8,14,16H,6,9-13H2,1-2H3,(H,19,22)/t16-/m0/s1. The smallest absolute Gasteiger partial charge is 0.222 e. The number of likely N-dealkylation sites (tertiary alicyclic amines) is 1. The second kappa shape index (κ2) is 8.08. The molecule has 1 atom stereocenters. The van der Waals surface area contributed by atoms with Crippen molar-refractivity contribution in [3.63, 3.8) is 0 Å². The molecule has 4 heteroatoms. The number of amides is 1. The Labute approximate surface area is 132 Å². The van der Waals surface area contributed by atoms with Crippen LogP contribution in [0, 0.1) is 5.92 Å². The highest BCUT2D eigenvalue weighted by Crippen LogP contribution is 2.12. The maximum atomic E-state index is 12.1. The Kier molecular flexibility index (Phi) is 6.13. The first kappa shape index (κ1) is 16.7. The van der Waals surface area contributed by atoms with Gasteiger partial charge >= 0.3 is 0 Å². The fraction of sp³-hybridized carbons (Fsp3) is 0.556. The van der Waals surface area contributed by atoms with Gasteiger partial charge in [0, 0.05) is 37.0 Å². The monoisotopic (exact) mass is 302 g/mol. The molecule has 1 aliphatic rings. The van der Waals surface area contributed by atoms with E-state index in [1.807, 2.05) is 44.2 Å². The van der Waals surface area contributed by atoms with E-state index in [0.29, 0.717) is 6.42 Å². The summed E-state index contributed by atoms with van der Waals surface area (Å²) in [5.74, 6) is 0.330. The Hall–Kier alpha value is -1.68. The van der Waals surface area contributed by atoms with Gasteiger partial charge in [-0.05, 0) is 19.4 Å². The molecule has 1 fully saturated rings. The van der Waals surface area contributed by atoms with Crippen molar-refractivity contribution in [2.75, 3.05) is 19.6 Å². The molecule has 120 valence electrons. The highest BCUT2D eigenvalue weighted by Gasteiger charge is 2.22. The fourth-order valence-electron chi connectivity index (χ4n) is 2.77. The first-order valence-corrected chi connectivity index (χ1v) is 8.17. The van der Waals surface area contributed by atoms with Gasteiger partial charge in [0.2, 0.25) is 5.91 Å². The van der Waals surface area contributed by atoms with Gasteiger partial charge in [0.1, 0.15) is 0 Å². The van der Waals surface area contributed by atoms with Gasteiger partial charge in [-0.3, -0.25) is 9.59 Å². The summed E-state index contributed by atoms with van der Waals surface area (Å²) in [5, 5.41) is 3.10. The topological polar surface area (TPSA) is 49.4 Å². The lowest BCUT2D eigenvalue weighted by Gasteiger charge is -2.33. The molecule has 0 aliphatic carbocycles. The number of benzene rings is 1. The molecule has 0 unspecified atom stereocenters. The SMILES string of the molecule is CC(C)C(=O)N[C@H]1CCCN(CCC(=O)c2ccccc2)C1. The molecule has 1 saturated heterocycles. The lowest BCUT2D eigenvalue weighted by atomic mass is 10.0. The zero-order valence-electron chi connectivity index (χ0n) is 13.5. The molecule has 1 aromatic rings. The van der Waals surface area contributed by atoms with E-state index < -0.39 is 0 Å². The first-order chi connectivity index (χ1) is 10.6. The zero-order valence-corrected chi connectivity index (χ0v) is 13.5. The van der Waals surface area contributed by atoms with Gasteiger partial charge in [0.25, 0.3) is 0 Å². The molecule has 0 aromatic heterocycles. The van der Waals surface area contributed by atoms with E-state index in [1.54, 1.807) is 0 Å². The summed E-state index contributed by atoms with van der Waals surface area (Å²) in [6, 6.07) is 9.66. The predicted molar refractivity (Wildman–Crippen MR) is 87.8 cm³/mol. The normalized spacial score (nSPS) is 19.1. The van der Waals surface area contributed by atoms with Gasteiger partial charge < -0.3 is 10.2 Å². The third-order valence-electron chi connectivity index (χ3n) is 4.13. The van der Waals surface area contributed by atoms with Crippen LogP contribution in [0.25, 0.3) is 0 Å². The highest BCUT2D eigenvalue weighted by atomic mass is 16.2. The molecular weight excluding hydrogens is 276 g/mol. The van der Waals surface area contributed by atoms with Gasteiger partial charge in [-0.25, -0.2) is 0 Å². The van der Waals surface area contributed by atoms with Crippen LogP contribution < -0.4 is 5.32 Å². The average Bonchev–Trinajstić information content (AvgIpc) is 2.53. The number of hydrogen-bond donors (Lipinski definition) is 1. The third-order valence-corrected chi connectivity index (χ3v) is 4.13. The number of nitrogens with zero attached hydrogens (tertiary/aromatic N) is 1. The van der Waals surface area contributed by atoms with Crippen molar-refractivity contribution in [2.45, 2.75) is 39.2 Å². The number of Topliss-reactive ketones (excluding diaryl/α,β-unsaturated/α-hetero) is 1. The second-order valence-electron chi connectivity index (χ2n) is 6.34. The summed E-state index contributed by atoms with van der Waals surface area (Å²) in [6.45, 7) is 6.45. The molecule has 1 amide bonds. The Balaban J connectivity index is 1.78. The lowest BCUT2D eigenvalue weighted by Crippen LogP contribution is -2.49. The predicted octanol–water partition coefficient (Wildman–Crippen LogP) is 2.50.